The van der Waals surface area contributed by atoms with Gasteiger partial charge in [0.25, 0.3) is 0 Å². The van der Waals surface area contributed by atoms with Gasteiger partial charge in [-0.2, -0.15) is 0 Å². The summed E-state index contributed by atoms with van der Waals surface area (Å²) in [5.41, 5.74) is 1.70. The van der Waals surface area contributed by atoms with Gasteiger partial charge >= 0.3 is 0 Å². The number of furan rings is 1. The number of fused-ring (bicyclic) bond motifs is 1. The van der Waals surface area contributed by atoms with E-state index in [1.165, 1.54) is 11.8 Å². The Labute approximate surface area is 92.3 Å². The van der Waals surface area contributed by atoms with Gasteiger partial charge in [-0.05, 0) is 18.4 Å². The van der Waals surface area contributed by atoms with Gasteiger partial charge in [0.05, 0.1) is 5.56 Å². The number of rotatable bonds is 1. The van der Waals surface area contributed by atoms with Crippen LogP contribution in [0.2, 0.25) is 0 Å². The highest BCUT2D eigenvalue weighted by Crippen LogP contribution is 2.30. The zero-order valence-corrected chi connectivity index (χ0v) is 9.10. The van der Waals surface area contributed by atoms with Crippen LogP contribution in [0, 0.1) is 11.8 Å². The molecule has 2 rings (SSSR count). The average Bonchev–Trinajstić information content (AvgIpc) is 2.64. The Hall–Kier alpha value is -1.37. The lowest BCUT2D eigenvalue weighted by atomic mass is 10.2. The van der Waals surface area contributed by atoms with E-state index >= 15 is 0 Å². The highest BCUT2D eigenvalue weighted by atomic mass is 32.2. The zero-order valence-electron chi connectivity index (χ0n) is 8.28. The average molecular weight is 218 g/mol. The molecule has 0 atom stereocenters. The minimum Gasteiger partial charge on any atom is -0.449 e. The molecule has 0 fully saturated rings. The molecule has 0 bridgehead atoms. The SMILES string of the molecule is CSc1oc2ccccc2c1C#CCO. The molecule has 0 radical (unpaired) electrons. The first-order valence-electron chi connectivity index (χ1n) is 4.52. The van der Waals surface area contributed by atoms with Crippen LogP contribution in [0.5, 0.6) is 0 Å². The Kier molecular flexibility index (Phi) is 3.00. The highest BCUT2D eigenvalue weighted by Gasteiger charge is 2.10. The van der Waals surface area contributed by atoms with Crippen molar-refractivity contribution in [1.82, 2.24) is 0 Å². The summed E-state index contributed by atoms with van der Waals surface area (Å²) >= 11 is 1.52. The molecule has 0 aliphatic rings. The van der Waals surface area contributed by atoms with Gasteiger partial charge in [0.15, 0.2) is 5.09 Å². The predicted octanol–water partition coefficient (Wildman–Crippen LogP) is 2.50. The summed E-state index contributed by atoms with van der Waals surface area (Å²) in [6, 6.07) is 7.77. The number of para-hydroxylation sites is 1. The fourth-order valence-electron chi connectivity index (χ4n) is 1.41. The summed E-state index contributed by atoms with van der Waals surface area (Å²) in [6.45, 7) is -0.132. The Morgan fingerprint density at radius 1 is 1.40 bits per heavy atom. The third kappa shape index (κ3) is 1.87. The normalized spacial score (nSPS) is 10.0. The Bertz CT molecular complexity index is 531. The standard InChI is InChI=1S/C12H10O2S/c1-15-12-10(6-4-8-13)9-5-2-3-7-11(9)14-12/h2-3,5,7,13H,8H2,1H3. The number of aliphatic hydroxyl groups is 1. The Morgan fingerprint density at radius 3 is 2.93 bits per heavy atom. The van der Waals surface area contributed by atoms with Crippen molar-refractivity contribution in [3.8, 4) is 11.8 Å². The maximum Gasteiger partial charge on any atom is 0.176 e. The van der Waals surface area contributed by atoms with Gasteiger partial charge in [-0.3, -0.25) is 0 Å². The van der Waals surface area contributed by atoms with Gasteiger partial charge in [-0.25, -0.2) is 0 Å². The molecule has 76 valence electrons. The molecular formula is C12H10O2S. The molecule has 3 heteroatoms. The Balaban J connectivity index is 2.67. The van der Waals surface area contributed by atoms with Crippen molar-refractivity contribution in [3.63, 3.8) is 0 Å². The number of benzene rings is 1. The van der Waals surface area contributed by atoms with Crippen molar-refractivity contribution in [2.75, 3.05) is 12.9 Å². The summed E-state index contributed by atoms with van der Waals surface area (Å²) < 4.78 is 5.62. The molecule has 0 aliphatic carbocycles. The van der Waals surface area contributed by atoms with Crippen LogP contribution in [-0.2, 0) is 0 Å². The van der Waals surface area contributed by atoms with Gasteiger partial charge in [-0.1, -0.05) is 35.7 Å². The quantitative estimate of drug-likeness (QED) is 0.589. The zero-order chi connectivity index (χ0) is 10.7. The summed E-state index contributed by atoms with van der Waals surface area (Å²) in [5, 5.41) is 10.5. The summed E-state index contributed by atoms with van der Waals surface area (Å²) in [5.74, 6) is 5.57. The van der Waals surface area contributed by atoms with Crippen molar-refractivity contribution < 1.29 is 9.52 Å². The molecule has 0 spiro atoms. The third-order valence-electron chi connectivity index (χ3n) is 2.04. The van der Waals surface area contributed by atoms with Crippen molar-refractivity contribution >= 4 is 22.7 Å². The fourth-order valence-corrected chi connectivity index (χ4v) is 1.95. The van der Waals surface area contributed by atoms with E-state index in [1.54, 1.807) is 0 Å². The van der Waals surface area contributed by atoms with E-state index in [4.69, 9.17) is 9.52 Å². The summed E-state index contributed by atoms with van der Waals surface area (Å²) in [6.07, 6.45) is 1.95. The second-order valence-electron chi connectivity index (χ2n) is 2.92. The molecule has 1 aromatic heterocycles. The molecule has 0 saturated heterocycles. The summed E-state index contributed by atoms with van der Waals surface area (Å²) in [4.78, 5) is 0. The maximum atomic E-state index is 8.69. The largest absolute Gasteiger partial charge is 0.449 e. The molecule has 1 heterocycles. The van der Waals surface area contributed by atoms with E-state index in [0.717, 1.165) is 21.6 Å². The minimum absolute atomic E-state index is 0.132. The maximum absolute atomic E-state index is 8.69. The molecule has 0 unspecified atom stereocenters. The monoisotopic (exact) mass is 218 g/mol. The predicted molar refractivity (Wildman–Crippen MR) is 62.0 cm³/mol. The lowest BCUT2D eigenvalue weighted by Crippen LogP contribution is -1.76. The van der Waals surface area contributed by atoms with Crippen LogP contribution in [0.3, 0.4) is 0 Å². The molecular weight excluding hydrogens is 208 g/mol. The second kappa shape index (κ2) is 4.43. The molecule has 0 saturated carbocycles. The van der Waals surface area contributed by atoms with Gasteiger partial charge in [-0.15, -0.1) is 0 Å². The van der Waals surface area contributed by atoms with Crippen LogP contribution < -0.4 is 0 Å². The van der Waals surface area contributed by atoms with Crippen molar-refractivity contribution in [1.29, 1.82) is 0 Å². The number of hydrogen-bond donors (Lipinski definition) is 1. The van der Waals surface area contributed by atoms with Gasteiger partial charge in [0.1, 0.15) is 12.2 Å². The Morgan fingerprint density at radius 2 is 2.20 bits per heavy atom. The van der Waals surface area contributed by atoms with Crippen LogP contribution in [-0.4, -0.2) is 18.0 Å². The van der Waals surface area contributed by atoms with Gasteiger partial charge in [0.2, 0.25) is 0 Å². The van der Waals surface area contributed by atoms with Gasteiger partial charge in [0, 0.05) is 5.39 Å². The lowest BCUT2D eigenvalue weighted by molar-refractivity contribution is 0.350. The first-order chi connectivity index (χ1) is 7.36. The number of thioether (sulfide) groups is 1. The first-order valence-corrected chi connectivity index (χ1v) is 5.74. The van der Waals surface area contributed by atoms with Crippen molar-refractivity contribution in [2.24, 2.45) is 0 Å². The molecule has 1 N–H and O–H groups in total. The van der Waals surface area contributed by atoms with E-state index in [-0.39, 0.29) is 6.61 Å². The van der Waals surface area contributed by atoms with Crippen molar-refractivity contribution in [3.05, 3.63) is 29.8 Å². The first kappa shape index (κ1) is 10.2. The van der Waals surface area contributed by atoms with Crippen LogP contribution in [0.25, 0.3) is 11.0 Å². The molecule has 1 aromatic carbocycles. The molecule has 2 nitrogen and oxygen atoms in total. The van der Waals surface area contributed by atoms with E-state index in [0.29, 0.717) is 0 Å². The van der Waals surface area contributed by atoms with E-state index in [9.17, 15) is 0 Å². The third-order valence-corrected chi connectivity index (χ3v) is 2.70. The second-order valence-corrected chi connectivity index (χ2v) is 3.70. The number of aliphatic hydroxyl groups excluding tert-OH is 1. The smallest absolute Gasteiger partial charge is 0.176 e. The number of hydrogen-bond acceptors (Lipinski definition) is 3. The molecule has 0 amide bonds. The van der Waals surface area contributed by atoms with Crippen LogP contribution in [0.4, 0.5) is 0 Å². The molecule has 0 aliphatic heterocycles. The van der Waals surface area contributed by atoms with Crippen LogP contribution in [0.1, 0.15) is 5.56 Å². The van der Waals surface area contributed by atoms with E-state index < -0.39 is 0 Å². The summed E-state index contributed by atoms with van der Waals surface area (Å²) in [7, 11) is 0. The molecule has 2 aromatic rings. The fraction of sp³-hybridized carbons (Fsp3) is 0.167. The van der Waals surface area contributed by atoms with E-state index in [2.05, 4.69) is 11.8 Å². The van der Waals surface area contributed by atoms with E-state index in [1.807, 2.05) is 30.5 Å². The van der Waals surface area contributed by atoms with Crippen LogP contribution in [0.15, 0.2) is 33.8 Å². The minimum atomic E-state index is -0.132. The molecule has 15 heavy (non-hydrogen) atoms. The van der Waals surface area contributed by atoms with Crippen molar-refractivity contribution in [2.45, 2.75) is 5.09 Å². The van der Waals surface area contributed by atoms with Crippen LogP contribution >= 0.6 is 11.8 Å². The lowest BCUT2D eigenvalue weighted by Gasteiger charge is -1.88. The topological polar surface area (TPSA) is 33.4 Å². The highest BCUT2D eigenvalue weighted by molar-refractivity contribution is 7.98. The van der Waals surface area contributed by atoms with Gasteiger partial charge < -0.3 is 9.52 Å².